The molecule has 0 fully saturated rings. The van der Waals surface area contributed by atoms with Crippen LogP contribution in [0.2, 0.25) is 0 Å². The zero-order valence-corrected chi connectivity index (χ0v) is 5.83. The van der Waals surface area contributed by atoms with Crippen LogP contribution in [0.4, 0.5) is 5.69 Å². The number of aromatic nitrogens is 1. The van der Waals surface area contributed by atoms with Crippen LogP contribution in [0.3, 0.4) is 0 Å². The van der Waals surface area contributed by atoms with E-state index in [9.17, 15) is 0 Å². The predicted octanol–water partition coefficient (Wildman–Crippen LogP) is 0.742. The van der Waals surface area contributed by atoms with Crippen LogP contribution < -0.4 is 10.3 Å². The number of nitrogens with zero attached hydrogens (tertiary/aromatic N) is 1. The third-order valence-corrected chi connectivity index (χ3v) is 1.22. The van der Waals surface area contributed by atoms with Gasteiger partial charge in [0.1, 0.15) is 0 Å². The Morgan fingerprint density at radius 3 is 3.10 bits per heavy atom. The third kappa shape index (κ3) is 1.58. The van der Waals surface area contributed by atoms with Crippen molar-refractivity contribution in [3.8, 4) is 0 Å². The summed E-state index contributed by atoms with van der Waals surface area (Å²) in [5.41, 5.74) is 6.32. The van der Waals surface area contributed by atoms with Crippen LogP contribution in [-0.2, 0) is 6.54 Å². The Bertz CT molecular complexity index is 230. The van der Waals surface area contributed by atoms with Gasteiger partial charge in [-0.25, -0.2) is 0 Å². The summed E-state index contributed by atoms with van der Waals surface area (Å²) in [6, 6.07) is 3.78. The van der Waals surface area contributed by atoms with Crippen molar-refractivity contribution in [2.24, 2.45) is 0 Å². The van der Waals surface area contributed by atoms with Gasteiger partial charge in [-0.3, -0.25) is 0 Å². The largest absolute Gasteiger partial charge is 0.394 e. The quantitative estimate of drug-likeness (QED) is 0.470. The van der Waals surface area contributed by atoms with Crippen molar-refractivity contribution in [1.29, 1.82) is 0 Å². The van der Waals surface area contributed by atoms with E-state index in [1.54, 1.807) is 0 Å². The highest BCUT2D eigenvalue weighted by Crippen LogP contribution is 1.92. The molecule has 0 aliphatic carbocycles. The number of hydrogen-bond donors (Lipinski definition) is 1. The molecule has 1 heterocycles. The molecule has 0 bridgehead atoms. The molecule has 1 aromatic heterocycles. The molecule has 2 N–H and O–H groups in total. The molecule has 52 valence electrons. The Labute approximate surface area is 60.6 Å². The van der Waals surface area contributed by atoms with Gasteiger partial charge in [-0.1, -0.05) is 6.58 Å². The molecule has 0 aliphatic heterocycles. The topological polar surface area (TPSA) is 29.9 Å². The molecule has 0 spiro atoms. The summed E-state index contributed by atoms with van der Waals surface area (Å²) < 4.78 is 1.97. The van der Waals surface area contributed by atoms with Gasteiger partial charge in [0.15, 0.2) is 18.9 Å². The number of rotatable bonds is 2. The predicted molar refractivity (Wildman–Crippen MR) is 41.2 cm³/mol. The number of anilines is 1. The lowest BCUT2D eigenvalue weighted by atomic mass is 10.4. The molecule has 0 saturated carbocycles. The first-order valence-electron chi connectivity index (χ1n) is 3.18. The first-order chi connectivity index (χ1) is 4.83. The third-order valence-electron chi connectivity index (χ3n) is 1.22. The summed E-state index contributed by atoms with van der Waals surface area (Å²) in [6.07, 6.45) is 5.67. The molecule has 0 atom stereocenters. The van der Waals surface area contributed by atoms with Gasteiger partial charge in [-0.05, 0) is 12.1 Å². The van der Waals surface area contributed by atoms with E-state index in [0.29, 0.717) is 0 Å². The number of pyridine rings is 1. The fraction of sp³-hybridized carbons (Fsp3) is 0.125. The van der Waals surface area contributed by atoms with Crippen molar-refractivity contribution in [1.82, 2.24) is 0 Å². The second kappa shape index (κ2) is 3.01. The van der Waals surface area contributed by atoms with Gasteiger partial charge >= 0.3 is 0 Å². The van der Waals surface area contributed by atoms with Crippen LogP contribution in [0.25, 0.3) is 0 Å². The highest BCUT2D eigenvalue weighted by atomic mass is 14.9. The summed E-state index contributed by atoms with van der Waals surface area (Å²) in [5.74, 6) is 0. The van der Waals surface area contributed by atoms with Crippen LogP contribution in [0.15, 0.2) is 37.2 Å². The molecule has 0 unspecified atom stereocenters. The lowest BCUT2D eigenvalue weighted by Gasteiger charge is -1.91. The minimum atomic E-state index is 0.782. The monoisotopic (exact) mass is 135 g/mol. The molecule has 0 aromatic carbocycles. The Kier molecular flexibility index (Phi) is 2.05. The molecule has 1 rings (SSSR count). The Morgan fingerprint density at radius 1 is 1.70 bits per heavy atom. The van der Waals surface area contributed by atoms with Gasteiger partial charge in [-0.2, -0.15) is 4.57 Å². The second-order valence-electron chi connectivity index (χ2n) is 2.12. The van der Waals surface area contributed by atoms with Crippen LogP contribution in [0.1, 0.15) is 0 Å². The first kappa shape index (κ1) is 6.81. The number of nitrogen functional groups attached to an aromatic ring is 1. The molecule has 0 aliphatic rings. The van der Waals surface area contributed by atoms with E-state index in [1.165, 1.54) is 0 Å². The SMILES string of the molecule is C=CC[n+]1cccc(N)c1. The standard InChI is InChI=1S/C8H11N2/c1-2-5-10-6-3-4-8(9)7-10/h2-4,6-7H,1,5,9H2/q+1. The normalized spacial score (nSPS) is 9.20. The lowest BCUT2D eigenvalue weighted by Crippen LogP contribution is -2.31. The van der Waals surface area contributed by atoms with E-state index in [1.807, 2.05) is 35.2 Å². The molecule has 10 heavy (non-hydrogen) atoms. The maximum Gasteiger partial charge on any atom is 0.192 e. The fourth-order valence-electron chi connectivity index (χ4n) is 0.805. The van der Waals surface area contributed by atoms with Crippen molar-refractivity contribution < 1.29 is 4.57 Å². The van der Waals surface area contributed by atoms with Crippen LogP contribution in [0.5, 0.6) is 0 Å². The Morgan fingerprint density at radius 2 is 2.50 bits per heavy atom. The second-order valence-corrected chi connectivity index (χ2v) is 2.12. The summed E-state index contributed by atoms with van der Waals surface area (Å²) in [5, 5.41) is 0. The minimum absolute atomic E-state index is 0.782. The number of allylic oxidation sites excluding steroid dienone is 1. The van der Waals surface area contributed by atoms with Gasteiger partial charge in [0.25, 0.3) is 0 Å². The van der Waals surface area contributed by atoms with Crippen LogP contribution in [-0.4, -0.2) is 0 Å². The molecular weight excluding hydrogens is 124 g/mol. The molecule has 0 amide bonds. The molecular formula is C8H11N2+. The van der Waals surface area contributed by atoms with Gasteiger partial charge in [0.05, 0.1) is 5.69 Å². The van der Waals surface area contributed by atoms with Crippen molar-refractivity contribution in [2.45, 2.75) is 6.54 Å². The number of hydrogen-bond acceptors (Lipinski definition) is 1. The zero-order chi connectivity index (χ0) is 7.40. The molecule has 0 radical (unpaired) electrons. The Balaban J connectivity index is 2.84. The summed E-state index contributed by atoms with van der Waals surface area (Å²) in [6.45, 7) is 4.43. The molecule has 2 nitrogen and oxygen atoms in total. The summed E-state index contributed by atoms with van der Waals surface area (Å²) >= 11 is 0. The van der Waals surface area contributed by atoms with Gasteiger partial charge in [0.2, 0.25) is 0 Å². The van der Waals surface area contributed by atoms with E-state index in [2.05, 4.69) is 6.58 Å². The highest BCUT2D eigenvalue weighted by Gasteiger charge is 1.94. The maximum absolute atomic E-state index is 5.53. The minimum Gasteiger partial charge on any atom is -0.394 e. The summed E-state index contributed by atoms with van der Waals surface area (Å²) in [7, 11) is 0. The van der Waals surface area contributed by atoms with Crippen LogP contribution in [0, 0.1) is 0 Å². The average Bonchev–Trinajstić information content (AvgIpc) is 1.88. The van der Waals surface area contributed by atoms with Crippen molar-refractivity contribution in [2.75, 3.05) is 5.73 Å². The van der Waals surface area contributed by atoms with Gasteiger partial charge in [-0.15, -0.1) is 0 Å². The molecule has 1 aromatic rings. The van der Waals surface area contributed by atoms with Crippen molar-refractivity contribution in [3.05, 3.63) is 37.2 Å². The van der Waals surface area contributed by atoms with E-state index in [-0.39, 0.29) is 0 Å². The lowest BCUT2D eigenvalue weighted by molar-refractivity contribution is -0.686. The van der Waals surface area contributed by atoms with E-state index in [0.717, 1.165) is 12.2 Å². The van der Waals surface area contributed by atoms with Crippen molar-refractivity contribution in [3.63, 3.8) is 0 Å². The van der Waals surface area contributed by atoms with E-state index < -0.39 is 0 Å². The average molecular weight is 135 g/mol. The summed E-state index contributed by atoms with van der Waals surface area (Å²) in [4.78, 5) is 0. The highest BCUT2D eigenvalue weighted by molar-refractivity contribution is 5.30. The smallest absolute Gasteiger partial charge is 0.192 e. The Hall–Kier alpha value is -1.31. The van der Waals surface area contributed by atoms with E-state index in [4.69, 9.17) is 5.73 Å². The molecule has 2 heteroatoms. The van der Waals surface area contributed by atoms with Crippen LogP contribution >= 0.6 is 0 Å². The zero-order valence-electron chi connectivity index (χ0n) is 5.83. The first-order valence-corrected chi connectivity index (χ1v) is 3.18. The van der Waals surface area contributed by atoms with Gasteiger partial charge in [0, 0.05) is 6.07 Å². The molecule has 0 saturated heterocycles. The van der Waals surface area contributed by atoms with E-state index >= 15 is 0 Å². The van der Waals surface area contributed by atoms with Crippen molar-refractivity contribution >= 4 is 5.69 Å². The fourth-order valence-corrected chi connectivity index (χ4v) is 0.805. The maximum atomic E-state index is 5.53. The number of nitrogens with two attached hydrogens (primary N) is 1. The van der Waals surface area contributed by atoms with Gasteiger partial charge < -0.3 is 5.73 Å².